The molecule has 1 rings (SSSR count). The minimum atomic E-state index is -0.862. The zero-order chi connectivity index (χ0) is 11.4. The van der Waals surface area contributed by atoms with Crippen LogP contribution >= 0.6 is 15.9 Å². The first-order chi connectivity index (χ1) is 7.06. The van der Waals surface area contributed by atoms with Gasteiger partial charge in [-0.05, 0) is 24.3 Å². The molecule has 0 aliphatic rings. The fraction of sp³-hybridized carbons (Fsp3) is 0.300. The minimum Gasteiger partial charge on any atom is -0.394 e. The van der Waals surface area contributed by atoms with E-state index in [2.05, 4.69) is 15.9 Å². The van der Waals surface area contributed by atoms with Crippen LogP contribution in [0.2, 0.25) is 0 Å². The predicted octanol–water partition coefficient (Wildman–Crippen LogP) is 0.732. The molecule has 82 valence electrons. The van der Waals surface area contributed by atoms with Crippen LogP contribution in [-0.2, 0) is 4.79 Å². The Balaban J connectivity index is 2.80. The summed E-state index contributed by atoms with van der Waals surface area (Å²) in [4.78, 5) is 13.0. The van der Waals surface area contributed by atoms with Crippen molar-refractivity contribution in [2.45, 2.75) is 6.04 Å². The Kier molecular flexibility index (Phi) is 4.26. The lowest BCUT2D eigenvalue weighted by molar-refractivity contribution is -0.120. The number of anilines is 1. The highest BCUT2D eigenvalue weighted by molar-refractivity contribution is 9.10. The summed E-state index contributed by atoms with van der Waals surface area (Å²) < 4.78 is 0.943. The summed E-state index contributed by atoms with van der Waals surface area (Å²) in [5.41, 5.74) is 6.18. The SMILES string of the molecule is CN(C(=O)C(N)CO)c1ccc(Br)cc1. The minimum absolute atomic E-state index is 0.306. The zero-order valence-corrected chi connectivity index (χ0v) is 9.94. The largest absolute Gasteiger partial charge is 0.394 e. The molecule has 1 aromatic carbocycles. The molecule has 0 aliphatic heterocycles. The van der Waals surface area contributed by atoms with Crippen molar-refractivity contribution in [3.8, 4) is 0 Å². The maximum Gasteiger partial charge on any atom is 0.246 e. The molecule has 3 N–H and O–H groups in total. The molecule has 0 aromatic heterocycles. The van der Waals surface area contributed by atoms with Crippen molar-refractivity contribution < 1.29 is 9.90 Å². The second-order valence-corrected chi connectivity index (χ2v) is 4.08. The number of nitrogens with two attached hydrogens (primary N) is 1. The number of amides is 1. The van der Waals surface area contributed by atoms with Crippen LogP contribution in [0.3, 0.4) is 0 Å². The molecule has 0 heterocycles. The number of aliphatic hydroxyl groups excluding tert-OH is 1. The molecule has 0 bridgehead atoms. The highest BCUT2D eigenvalue weighted by atomic mass is 79.9. The topological polar surface area (TPSA) is 66.6 Å². The first-order valence-electron chi connectivity index (χ1n) is 4.46. The molecule has 0 radical (unpaired) electrons. The number of rotatable bonds is 3. The maximum atomic E-state index is 11.6. The van der Waals surface area contributed by atoms with Crippen molar-refractivity contribution in [2.75, 3.05) is 18.6 Å². The van der Waals surface area contributed by atoms with E-state index in [0.717, 1.165) is 10.2 Å². The van der Waals surface area contributed by atoms with Crippen molar-refractivity contribution in [2.24, 2.45) is 5.73 Å². The number of aliphatic hydroxyl groups is 1. The Morgan fingerprint density at radius 1 is 1.53 bits per heavy atom. The number of halogens is 1. The van der Waals surface area contributed by atoms with E-state index in [4.69, 9.17) is 10.8 Å². The van der Waals surface area contributed by atoms with Crippen LogP contribution in [0.25, 0.3) is 0 Å². The molecular weight excluding hydrogens is 260 g/mol. The van der Waals surface area contributed by atoms with Gasteiger partial charge in [-0.3, -0.25) is 4.79 Å². The molecule has 1 aromatic rings. The molecule has 0 fully saturated rings. The molecular formula is C10H13BrN2O2. The summed E-state index contributed by atoms with van der Waals surface area (Å²) in [5, 5.41) is 8.77. The third-order valence-corrected chi connectivity index (χ3v) is 2.59. The van der Waals surface area contributed by atoms with Gasteiger partial charge in [-0.2, -0.15) is 0 Å². The van der Waals surface area contributed by atoms with Crippen molar-refractivity contribution >= 4 is 27.5 Å². The van der Waals surface area contributed by atoms with Crippen LogP contribution in [0.15, 0.2) is 28.7 Å². The molecule has 0 aliphatic carbocycles. The molecule has 1 atom stereocenters. The van der Waals surface area contributed by atoms with Gasteiger partial charge in [0.1, 0.15) is 6.04 Å². The van der Waals surface area contributed by atoms with Crippen LogP contribution in [0.1, 0.15) is 0 Å². The quantitative estimate of drug-likeness (QED) is 0.853. The number of hydrogen-bond donors (Lipinski definition) is 2. The molecule has 1 amide bonds. The Morgan fingerprint density at radius 3 is 2.53 bits per heavy atom. The lowest BCUT2D eigenvalue weighted by Crippen LogP contribution is -2.44. The van der Waals surface area contributed by atoms with Gasteiger partial charge in [0.15, 0.2) is 0 Å². The highest BCUT2D eigenvalue weighted by Gasteiger charge is 2.17. The highest BCUT2D eigenvalue weighted by Crippen LogP contribution is 2.17. The van der Waals surface area contributed by atoms with E-state index in [0.29, 0.717) is 0 Å². The number of hydrogen-bond acceptors (Lipinski definition) is 3. The monoisotopic (exact) mass is 272 g/mol. The molecule has 1 unspecified atom stereocenters. The average Bonchev–Trinajstić information content (AvgIpc) is 2.27. The fourth-order valence-corrected chi connectivity index (χ4v) is 1.38. The van der Waals surface area contributed by atoms with Gasteiger partial charge in [0.2, 0.25) is 5.91 Å². The third-order valence-electron chi connectivity index (χ3n) is 2.06. The lowest BCUT2D eigenvalue weighted by Gasteiger charge is -2.20. The predicted molar refractivity (Wildman–Crippen MR) is 62.6 cm³/mol. The van der Waals surface area contributed by atoms with Gasteiger partial charge in [-0.1, -0.05) is 15.9 Å². The summed E-state index contributed by atoms with van der Waals surface area (Å²) in [6, 6.07) is 6.41. The number of likely N-dealkylation sites (N-methyl/N-ethyl adjacent to an activating group) is 1. The maximum absolute atomic E-state index is 11.6. The second kappa shape index (κ2) is 5.25. The first-order valence-corrected chi connectivity index (χ1v) is 5.25. The van der Waals surface area contributed by atoms with Gasteiger partial charge < -0.3 is 15.7 Å². The Bertz CT molecular complexity index is 340. The number of carbonyl (C=O) groups excluding carboxylic acids is 1. The van der Waals surface area contributed by atoms with Gasteiger partial charge >= 0.3 is 0 Å². The summed E-state index contributed by atoms with van der Waals surface area (Å²) in [5.74, 6) is -0.306. The zero-order valence-electron chi connectivity index (χ0n) is 8.35. The summed E-state index contributed by atoms with van der Waals surface area (Å²) in [6.45, 7) is -0.348. The van der Waals surface area contributed by atoms with Crippen LogP contribution < -0.4 is 10.6 Å². The average molecular weight is 273 g/mol. The van der Waals surface area contributed by atoms with Gasteiger partial charge in [-0.25, -0.2) is 0 Å². The van der Waals surface area contributed by atoms with E-state index in [1.165, 1.54) is 4.90 Å². The van der Waals surface area contributed by atoms with Crippen molar-refractivity contribution in [1.82, 2.24) is 0 Å². The summed E-state index contributed by atoms with van der Waals surface area (Å²) >= 11 is 3.31. The van der Waals surface area contributed by atoms with E-state index in [1.807, 2.05) is 12.1 Å². The Labute approximate surface area is 96.8 Å². The van der Waals surface area contributed by atoms with Crippen LogP contribution in [0.5, 0.6) is 0 Å². The molecule has 0 saturated carbocycles. The fourth-order valence-electron chi connectivity index (χ4n) is 1.12. The molecule has 5 heteroatoms. The van der Waals surface area contributed by atoms with E-state index >= 15 is 0 Å². The van der Waals surface area contributed by atoms with Gasteiger partial charge in [0.05, 0.1) is 6.61 Å². The molecule has 0 spiro atoms. The Hall–Kier alpha value is -0.910. The van der Waals surface area contributed by atoms with E-state index in [1.54, 1.807) is 19.2 Å². The summed E-state index contributed by atoms with van der Waals surface area (Å²) in [7, 11) is 1.63. The van der Waals surface area contributed by atoms with Crippen LogP contribution in [0.4, 0.5) is 5.69 Å². The van der Waals surface area contributed by atoms with E-state index < -0.39 is 6.04 Å². The van der Waals surface area contributed by atoms with Gasteiger partial charge in [-0.15, -0.1) is 0 Å². The normalized spacial score (nSPS) is 12.3. The summed E-state index contributed by atoms with van der Waals surface area (Å²) in [6.07, 6.45) is 0. The van der Waals surface area contributed by atoms with Gasteiger partial charge in [0.25, 0.3) is 0 Å². The first kappa shape index (κ1) is 12.2. The van der Waals surface area contributed by atoms with E-state index in [9.17, 15) is 4.79 Å². The van der Waals surface area contributed by atoms with Crippen LogP contribution in [0, 0.1) is 0 Å². The molecule has 4 nitrogen and oxygen atoms in total. The van der Waals surface area contributed by atoms with Gasteiger partial charge in [0, 0.05) is 17.2 Å². The van der Waals surface area contributed by atoms with E-state index in [-0.39, 0.29) is 12.5 Å². The second-order valence-electron chi connectivity index (χ2n) is 3.16. The molecule has 0 saturated heterocycles. The van der Waals surface area contributed by atoms with Crippen molar-refractivity contribution in [3.05, 3.63) is 28.7 Å². The molecule has 15 heavy (non-hydrogen) atoms. The lowest BCUT2D eigenvalue weighted by atomic mass is 10.2. The smallest absolute Gasteiger partial charge is 0.246 e. The Morgan fingerprint density at radius 2 is 2.07 bits per heavy atom. The number of benzene rings is 1. The van der Waals surface area contributed by atoms with Crippen molar-refractivity contribution in [1.29, 1.82) is 0 Å². The standard InChI is InChI=1S/C10H13BrN2O2/c1-13(10(15)9(12)6-14)8-4-2-7(11)3-5-8/h2-5,9,14H,6,12H2,1H3. The van der Waals surface area contributed by atoms with Crippen LogP contribution in [-0.4, -0.2) is 30.7 Å². The van der Waals surface area contributed by atoms with Crippen molar-refractivity contribution in [3.63, 3.8) is 0 Å². The number of carbonyl (C=O) groups is 1. The third kappa shape index (κ3) is 3.02. The number of nitrogens with zero attached hydrogens (tertiary/aromatic N) is 1.